The van der Waals surface area contributed by atoms with Crippen LogP contribution in [-0.2, 0) is 0 Å². The molecule has 8 heteroatoms. The van der Waals surface area contributed by atoms with Gasteiger partial charge in [-0.05, 0) is 43.7 Å². The molecule has 1 aromatic carbocycles. The molecule has 0 aliphatic carbocycles. The van der Waals surface area contributed by atoms with E-state index >= 15 is 0 Å². The molecule has 1 atom stereocenters. The monoisotopic (exact) mass is 408 g/mol. The van der Waals surface area contributed by atoms with E-state index in [1.807, 2.05) is 36.6 Å². The molecule has 0 amide bonds. The third-order valence-electron chi connectivity index (χ3n) is 4.54. The van der Waals surface area contributed by atoms with Crippen molar-refractivity contribution in [1.29, 1.82) is 0 Å². The minimum absolute atomic E-state index is 0.0621. The van der Waals surface area contributed by atoms with E-state index < -0.39 is 0 Å². The molecule has 140 valence electrons. The zero-order valence-electron chi connectivity index (χ0n) is 15.1. The molecule has 28 heavy (non-hydrogen) atoms. The smallest absolute Gasteiger partial charge is 0.260 e. The van der Waals surface area contributed by atoms with E-state index in [2.05, 4.69) is 32.9 Å². The number of fused-ring (bicyclic) bond motifs is 2. The van der Waals surface area contributed by atoms with Gasteiger partial charge in [0, 0.05) is 10.9 Å². The largest absolute Gasteiger partial charge is 0.464 e. The van der Waals surface area contributed by atoms with Crippen molar-refractivity contribution in [2.24, 2.45) is 0 Å². The maximum absolute atomic E-state index is 12.7. The summed E-state index contributed by atoms with van der Waals surface area (Å²) in [5.41, 5.74) is 3.74. The number of aromatic nitrogens is 4. The maximum Gasteiger partial charge on any atom is 0.260 e. The normalized spacial score (nSPS) is 12.8. The van der Waals surface area contributed by atoms with Gasteiger partial charge in [-0.1, -0.05) is 17.8 Å². The Kier molecular flexibility index (Phi) is 4.10. The van der Waals surface area contributed by atoms with E-state index in [4.69, 9.17) is 4.42 Å². The van der Waals surface area contributed by atoms with Gasteiger partial charge in [-0.3, -0.25) is 4.79 Å². The van der Waals surface area contributed by atoms with Crippen LogP contribution in [-0.4, -0.2) is 19.9 Å². The number of furan rings is 1. The van der Waals surface area contributed by atoms with Crippen molar-refractivity contribution in [3.63, 3.8) is 0 Å². The highest BCUT2D eigenvalue weighted by Gasteiger charge is 2.18. The van der Waals surface area contributed by atoms with Crippen LogP contribution >= 0.6 is 23.1 Å². The van der Waals surface area contributed by atoms with Crippen molar-refractivity contribution >= 4 is 44.3 Å². The van der Waals surface area contributed by atoms with Crippen molar-refractivity contribution in [2.45, 2.75) is 24.3 Å². The molecule has 6 nitrogen and oxygen atoms in total. The fourth-order valence-electron chi connectivity index (χ4n) is 3.15. The summed E-state index contributed by atoms with van der Waals surface area (Å²) in [6.45, 7) is 4.06. The summed E-state index contributed by atoms with van der Waals surface area (Å²) in [6.07, 6.45) is 1.60. The highest BCUT2D eigenvalue weighted by Crippen LogP contribution is 2.35. The topological polar surface area (TPSA) is 87.6 Å². The zero-order chi connectivity index (χ0) is 19.3. The van der Waals surface area contributed by atoms with Crippen LogP contribution in [0, 0.1) is 6.92 Å². The van der Waals surface area contributed by atoms with Gasteiger partial charge in [0.15, 0.2) is 5.16 Å². The molecular weight excluding hydrogens is 392 g/mol. The minimum atomic E-state index is -0.152. The molecule has 0 aliphatic heterocycles. The lowest BCUT2D eigenvalue weighted by Crippen LogP contribution is -2.12. The molecule has 4 aromatic heterocycles. The second kappa shape index (κ2) is 6.65. The van der Waals surface area contributed by atoms with Gasteiger partial charge < -0.3 is 14.4 Å². The quantitative estimate of drug-likeness (QED) is 0.395. The summed E-state index contributed by atoms with van der Waals surface area (Å²) < 4.78 is 5.44. The van der Waals surface area contributed by atoms with E-state index in [0.717, 1.165) is 21.8 Å². The van der Waals surface area contributed by atoms with Crippen molar-refractivity contribution in [3.05, 3.63) is 63.7 Å². The number of H-pyrrole nitrogens is 2. The number of hydrogen-bond acceptors (Lipinski definition) is 6. The molecule has 5 rings (SSSR count). The van der Waals surface area contributed by atoms with Crippen LogP contribution in [0.25, 0.3) is 32.6 Å². The van der Waals surface area contributed by atoms with Crippen LogP contribution in [0.1, 0.15) is 23.6 Å². The summed E-state index contributed by atoms with van der Waals surface area (Å²) in [5.74, 6) is 1.30. The number of rotatable bonds is 4. The molecule has 0 aliphatic rings. The predicted molar refractivity (Wildman–Crippen MR) is 113 cm³/mol. The van der Waals surface area contributed by atoms with Crippen molar-refractivity contribution in [1.82, 2.24) is 19.9 Å². The number of aryl methyl sites for hydroxylation is 1. The van der Waals surface area contributed by atoms with Crippen LogP contribution in [0.5, 0.6) is 0 Å². The van der Waals surface area contributed by atoms with Gasteiger partial charge in [-0.2, -0.15) is 0 Å². The van der Waals surface area contributed by atoms with Gasteiger partial charge >= 0.3 is 0 Å². The fraction of sp³-hybridized carbons (Fsp3) is 0.150. The molecule has 0 radical (unpaired) electrons. The fourth-order valence-corrected chi connectivity index (χ4v) is 4.96. The molecule has 4 heterocycles. The van der Waals surface area contributed by atoms with Gasteiger partial charge in [0.25, 0.3) is 5.56 Å². The molecule has 0 fully saturated rings. The van der Waals surface area contributed by atoms with Crippen molar-refractivity contribution < 1.29 is 4.42 Å². The van der Waals surface area contributed by atoms with Gasteiger partial charge in [0.1, 0.15) is 16.4 Å². The molecule has 0 saturated heterocycles. The first-order chi connectivity index (χ1) is 13.6. The lowest BCUT2D eigenvalue weighted by molar-refractivity contribution is 0.583. The van der Waals surface area contributed by atoms with E-state index in [0.29, 0.717) is 21.8 Å². The van der Waals surface area contributed by atoms with Gasteiger partial charge in [-0.15, -0.1) is 11.3 Å². The summed E-state index contributed by atoms with van der Waals surface area (Å²) in [5, 5.41) is 3.22. The summed E-state index contributed by atoms with van der Waals surface area (Å²) >= 11 is 2.98. The van der Waals surface area contributed by atoms with Gasteiger partial charge in [0.05, 0.1) is 27.9 Å². The standard InChI is InChI=1S/C20H16N4O2S2/c1-10-5-6-13-14(8-10)22-20(21-13)28-11(2)17-23-18(25)16-12(9-27-19(16)24-17)15-4-3-7-26-15/h3-9,11H,1-2H3,(H,21,22)(H,23,24,25). The number of imidazole rings is 1. The molecule has 0 bridgehead atoms. The second-order valence-electron chi connectivity index (χ2n) is 6.58. The number of aromatic amines is 2. The SMILES string of the molecule is Cc1ccc2nc(SC(C)c3nc4scc(-c5ccco5)c4c(=O)[nH]3)[nH]c2c1. The Bertz CT molecular complexity index is 1350. The maximum atomic E-state index is 12.7. The number of nitrogens with zero attached hydrogens (tertiary/aromatic N) is 2. The Balaban J connectivity index is 1.49. The first-order valence-electron chi connectivity index (χ1n) is 8.77. The Morgan fingerprint density at radius 2 is 2.11 bits per heavy atom. The third-order valence-corrected chi connectivity index (χ3v) is 6.40. The predicted octanol–water partition coefficient (Wildman–Crippen LogP) is 5.28. The van der Waals surface area contributed by atoms with Crippen LogP contribution in [0.4, 0.5) is 0 Å². The zero-order valence-corrected chi connectivity index (χ0v) is 16.8. The molecular formula is C20H16N4O2S2. The molecule has 5 aromatic rings. The van der Waals surface area contributed by atoms with E-state index in [-0.39, 0.29) is 10.8 Å². The van der Waals surface area contributed by atoms with E-state index in [1.54, 1.807) is 6.26 Å². The highest BCUT2D eigenvalue weighted by atomic mass is 32.2. The van der Waals surface area contributed by atoms with Gasteiger partial charge in [0.2, 0.25) is 0 Å². The van der Waals surface area contributed by atoms with Crippen LogP contribution < -0.4 is 5.56 Å². The summed E-state index contributed by atoms with van der Waals surface area (Å²) in [7, 11) is 0. The average Bonchev–Trinajstić information content (AvgIpc) is 3.39. The van der Waals surface area contributed by atoms with E-state index in [9.17, 15) is 4.79 Å². The van der Waals surface area contributed by atoms with Crippen LogP contribution in [0.2, 0.25) is 0 Å². The lowest BCUT2D eigenvalue weighted by Gasteiger charge is -2.08. The lowest BCUT2D eigenvalue weighted by atomic mass is 10.2. The number of thiophene rings is 1. The van der Waals surface area contributed by atoms with Crippen LogP contribution in [0.15, 0.2) is 56.3 Å². The Hall–Kier alpha value is -2.84. The van der Waals surface area contributed by atoms with Crippen LogP contribution in [0.3, 0.4) is 0 Å². The Labute approximate surface area is 168 Å². The minimum Gasteiger partial charge on any atom is -0.464 e. The summed E-state index contributed by atoms with van der Waals surface area (Å²) in [4.78, 5) is 29.0. The highest BCUT2D eigenvalue weighted by molar-refractivity contribution is 7.99. The van der Waals surface area contributed by atoms with Gasteiger partial charge in [-0.25, -0.2) is 9.97 Å². The van der Waals surface area contributed by atoms with Crippen molar-refractivity contribution in [3.8, 4) is 11.3 Å². The molecule has 0 spiro atoms. The first kappa shape index (κ1) is 17.3. The molecule has 2 N–H and O–H groups in total. The molecule has 0 saturated carbocycles. The average molecular weight is 409 g/mol. The third kappa shape index (κ3) is 2.94. The summed E-state index contributed by atoms with van der Waals surface area (Å²) in [6, 6.07) is 9.77. The number of benzene rings is 1. The second-order valence-corrected chi connectivity index (χ2v) is 8.77. The molecule has 1 unspecified atom stereocenters. The van der Waals surface area contributed by atoms with E-state index in [1.165, 1.54) is 28.7 Å². The number of thioether (sulfide) groups is 1. The Morgan fingerprint density at radius 3 is 2.93 bits per heavy atom. The number of nitrogens with one attached hydrogen (secondary N) is 2. The van der Waals surface area contributed by atoms with Crippen molar-refractivity contribution in [2.75, 3.05) is 0 Å². The number of hydrogen-bond donors (Lipinski definition) is 2. The Morgan fingerprint density at radius 1 is 1.21 bits per heavy atom. The first-order valence-corrected chi connectivity index (χ1v) is 10.5.